The predicted octanol–water partition coefficient (Wildman–Crippen LogP) is 2.67. The molecule has 2 heterocycles. The molecule has 33 heavy (non-hydrogen) atoms. The first-order valence-corrected chi connectivity index (χ1v) is 10.6. The number of ether oxygens (including phenoxy) is 1. The first kappa shape index (κ1) is 23.7. The van der Waals surface area contributed by atoms with Crippen LogP contribution in [0.25, 0.3) is 11.2 Å². The zero-order valence-electron chi connectivity index (χ0n) is 19.0. The lowest BCUT2D eigenvalue weighted by molar-refractivity contribution is -0.136. The Balaban J connectivity index is 2.24. The van der Waals surface area contributed by atoms with Crippen molar-refractivity contribution < 1.29 is 19.4 Å². The summed E-state index contributed by atoms with van der Waals surface area (Å²) in [6.45, 7) is 5.60. The molecule has 1 amide bonds. The fourth-order valence-corrected chi connectivity index (χ4v) is 3.68. The predicted molar refractivity (Wildman–Crippen MR) is 125 cm³/mol. The highest BCUT2D eigenvalue weighted by Gasteiger charge is 2.22. The summed E-state index contributed by atoms with van der Waals surface area (Å²) in [5.41, 5.74) is 1.04. The molecule has 0 radical (unpaired) electrons. The number of pyridine rings is 1. The molecule has 0 saturated carbocycles. The van der Waals surface area contributed by atoms with E-state index < -0.39 is 17.6 Å². The SMILES string of the molecule is CCN(C(C)=O)c1ccc2nc(NCCC(=O)O)c(=O)n([C@@H](C)c3ccccc3OC)c2n1. The van der Waals surface area contributed by atoms with Crippen LogP contribution in [-0.2, 0) is 9.59 Å². The van der Waals surface area contributed by atoms with Gasteiger partial charge in [0.1, 0.15) is 17.1 Å². The molecule has 0 aliphatic heterocycles. The van der Waals surface area contributed by atoms with Crippen LogP contribution in [0, 0.1) is 0 Å². The third kappa shape index (κ3) is 4.94. The lowest BCUT2D eigenvalue weighted by Crippen LogP contribution is -2.31. The summed E-state index contributed by atoms with van der Waals surface area (Å²) in [5, 5.41) is 11.8. The Bertz CT molecular complexity index is 1240. The number of para-hydroxylation sites is 1. The largest absolute Gasteiger partial charge is 0.496 e. The van der Waals surface area contributed by atoms with Gasteiger partial charge in [0, 0.05) is 25.6 Å². The molecule has 0 aliphatic carbocycles. The van der Waals surface area contributed by atoms with E-state index in [-0.39, 0.29) is 24.7 Å². The second kappa shape index (κ2) is 10.1. The van der Waals surface area contributed by atoms with Crippen LogP contribution < -0.4 is 20.5 Å². The summed E-state index contributed by atoms with van der Waals surface area (Å²) >= 11 is 0. The number of fused-ring (bicyclic) bond motifs is 1. The molecule has 0 saturated heterocycles. The van der Waals surface area contributed by atoms with Gasteiger partial charge in [0.15, 0.2) is 11.5 Å². The van der Waals surface area contributed by atoms with Gasteiger partial charge in [-0.1, -0.05) is 18.2 Å². The number of nitrogens with zero attached hydrogens (tertiary/aromatic N) is 4. The fraction of sp³-hybridized carbons (Fsp3) is 0.348. The van der Waals surface area contributed by atoms with Crippen LogP contribution in [0.4, 0.5) is 11.6 Å². The lowest BCUT2D eigenvalue weighted by Gasteiger charge is -2.23. The Hall–Kier alpha value is -3.95. The first-order valence-electron chi connectivity index (χ1n) is 10.6. The summed E-state index contributed by atoms with van der Waals surface area (Å²) in [6.07, 6.45) is -0.164. The number of carboxylic acids is 1. The third-order valence-electron chi connectivity index (χ3n) is 5.30. The number of rotatable bonds is 9. The normalized spacial score (nSPS) is 11.8. The van der Waals surface area contributed by atoms with Crippen molar-refractivity contribution in [2.24, 2.45) is 0 Å². The molecular formula is C23H27N5O5. The number of carbonyl (C=O) groups is 2. The van der Waals surface area contributed by atoms with Crippen LogP contribution in [0.5, 0.6) is 5.75 Å². The van der Waals surface area contributed by atoms with Crippen molar-refractivity contribution in [3.05, 3.63) is 52.3 Å². The molecule has 1 atom stereocenters. The van der Waals surface area contributed by atoms with Crippen molar-refractivity contribution in [2.45, 2.75) is 33.2 Å². The Morgan fingerprint density at radius 2 is 1.94 bits per heavy atom. The van der Waals surface area contributed by atoms with E-state index in [0.717, 1.165) is 5.56 Å². The fourth-order valence-electron chi connectivity index (χ4n) is 3.68. The van der Waals surface area contributed by atoms with E-state index in [1.807, 2.05) is 32.0 Å². The summed E-state index contributed by atoms with van der Waals surface area (Å²) in [6, 6.07) is 10.2. The van der Waals surface area contributed by atoms with Crippen molar-refractivity contribution in [2.75, 3.05) is 30.4 Å². The number of carboxylic acid groups (broad SMARTS) is 1. The molecule has 0 spiro atoms. The van der Waals surface area contributed by atoms with Crippen molar-refractivity contribution >= 4 is 34.7 Å². The van der Waals surface area contributed by atoms with Gasteiger partial charge >= 0.3 is 5.97 Å². The smallest absolute Gasteiger partial charge is 0.305 e. The minimum absolute atomic E-state index is 0.0268. The quantitative estimate of drug-likeness (QED) is 0.506. The van der Waals surface area contributed by atoms with Crippen LogP contribution in [-0.4, -0.2) is 51.7 Å². The first-order chi connectivity index (χ1) is 15.8. The van der Waals surface area contributed by atoms with Gasteiger partial charge in [-0.05, 0) is 32.0 Å². The van der Waals surface area contributed by atoms with Crippen molar-refractivity contribution in [3.8, 4) is 5.75 Å². The van der Waals surface area contributed by atoms with Gasteiger partial charge in [0.25, 0.3) is 5.56 Å². The van der Waals surface area contributed by atoms with Crippen LogP contribution >= 0.6 is 0 Å². The Morgan fingerprint density at radius 3 is 2.58 bits per heavy atom. The zero-order valence-corrected chi connectivity index (χ0v) is 19.0. The standard InChI is InChI=1S/C23H27N5O5/c1-5-27(15(3)29)19-11-10-17-22(26-19)28(14(2)16-8-6-7-9-18(16)33-4)23(32)21(25-17)24-13-12-20(30)31/h6-11,14H,5,12-13H2,1-4H3,(H,24,25)(H,30,31)/t14-/m0/s1. The highest BCUT2D eigenvalue weighted by molar-refractivity contribution is 5.91. The van der Waals surface area contributed by atoms with E-state index in [0.29, 0.717) is 29.3 Å². The van der Waals surface area contributed by atoms with E-state index in [2.05, 4.69) is 15.3 Å². The maximum Gasteiger partial charge on any atom is 0.305 e. The monoisotopic (exact) mass is 453 g/mol. The molecule has 0 unspecified atom stereocenters. The highest BCUT2D eigenvalue weighted by Crippen LogP contribution is 2.29. The number of aromatic nitrogens is 3. The molecule has 2 aromatic heterocycles. The molecule has 10 heteroatoms. The van der Waals surface area contributed by atoms with Crippen molar-refractivity contribution in [3.63, 3.8) is 0 Å². The number of methoxy groups -OCH3 is 1. The van der Waals surface area contributed by atoms with E-state index in [1.165, 1.54) is 16.4 Å². The van der Waals surface area contributed by atoms with Crippen molar-refractivity contribution in [1.82, 2.24) is 14.5 Å². The van der Waals surface area contributed by atoms with Gasteiger partial charge in [-0.15, -0.1) is 0 Å². The number of benzene rings is 1. The zero-order chi connectivity index (χ0) is 24.1. The molecular weight excluding hydrogens is 426 g/mol. The molecule has 0 fully saturated rings. The number of aliphatic carboxylic acids is 1. The van der Waals surface area contributed by atoms with Crippen LogP contribution in [0.2, 0.25) is 0 Å². The van der Waals surface area contributed by atoms with Crippen molar-refractivity contribution in [1.29, 1.82) is 0 Å². The maximum absolute atomic E-state index is 13.5. The summed E-state index contributed by atoms with van der Waals surface area (Å²) < 4.78 is 6.97. The number of hydrogen-bond acceptors (Lipinski definition) is 7. The Kier molecular flexibility index (Phi) is 7.27. The molecule has 174 valence electrons. The van der Waals surface area contributed by atoms with E-state index in [4.69, 9.17) is 9.84 Å². The third-order valence-corrected chi connectivity index (χ3v) is 5.30. The van der Waals surface area contributed by atoms with Crippen LogP contribution in [0.15, 0.2) is 41.2 Å². The summed E-state index contributed by atoms with van der Waals surface area (Å²) in [5.74, 6) is -0.111. The molecule has 3 aromatic rings. The van der Waals surface area contributed by atoms with Crippen LogP contribution in [0.1, 0.15) is 38.8 Å². The number of nitrogens with one attached hydrogen (secondary N) is 1. The highest BCUT2D eigenvalue weighted by atomic mass is 16.5. The van der Waals surface area contributed by atoms with Gasteiger partial charge < -0.3 is 15.2 Å². The Labute approximate surface area is 190 Å². The van der Waals surface area contributed by atoms with Gasteiger partial charge in [-0.25, -0.2) is 9.97 Å². The van der Waals surface area contributed by atoms with E-state index in [1.54, 1.807) is 25.3 Å². The molecule has 0 bridgehead atoms. The van der Waals surface area contributed by atoms with Gasteiger partial charge in [-0.2, -0.15) is 0 Å². The molecule has 3 rings (SSSR count). The molecule has 0 aliphatic rings. The number of anilines is 2. The minimum Gasteiger partial charge on any atom is -0.496 e. The van der Waals surface area contributed by atoms with Crippen LogP contribution in [0.3, 0.4) is 0 Å². The summed E-state index contributed by atoms with van der Waals surface area (Å²) in [7, 11) is 1.56. The molecule has 1 aromatic carbocycles. The molecule has 2 N–H and O–H groups in total. The number of hydrogen-bond donors (Lipinski definition) is 2. The number of carbonyl (C=O) groups excluding carboxylic acids is 1. The second-order valence-electron chi connectivity index (χ2n) is 7.40. The minimum atomic E-state index is -0.985. The van der Waals surface area contributed by atoms with Gasteiger partial charge in [-0.3, -0.25) is 23.9 Å². The average Bonchev–Trinajstić information content (AvgIpc) is 2.79. The number of amides is 1. The van der Waals surface area contributed by atoms with Gasteiger partial charge in [0.2, 0.25) is 5.91 Å². The van der Waals surface area contributed by atoms with E-state index in [9.17, 15) is 14.4 Å². The lowest BCUT2D eigenvalue weighted by atomic mass is 10.1. The Morgan fingerprint density at radius 1 is 1.21 bits per heavy atom. The second-order valence-corrected chi connectivity index (χ2v) is 7.40. The average molecular weight is 453 g/mol. The summed E-state index contributed by atoms with van der Waals surface area (Å²) in [4.78, 5) is 47.0. The van der Waals surface area contributed by atoms with Gasteiger partial charge in [0.05, 0.1) is 19.6 Å². The maximum atomic E-state index is 13.5. The van der Waals surface area contributed by atoms with E-state index >= 15 is 0 Å². The molecule has 10 nitrogen and oxygen atoms in total. The topological polar surface area (TPSA) is 127 Å².